The zero-order valence-electron chi connectivity index (χ0n) is 14.6. The SMILES string of the molecule is Fc1ccc(-c2nnc(SCc3ccc(Br)cc3)n2C[C@H]2CCCO2)cc1. The molecule has 0 amide bonds. The minimum absolute atomic E-state index is 0.173. The van der Waals surface area contributed by atoms with Gasteiger partial charge in [-0.2, -0.15) is 0 Å². The largest absolute Gasteiger partial charge is 0.376 e. The van der Waals surface area contributed by atoms with E-state index in [1.54, 1.807) is 23.9 Å². The van der Waals surface area contributed by atoms with Crippen LogP contribution < -0.4 is 0 Å². The molecule has 4 rings (SSSR count). The van der Waals surface area contributed by atoms with E-state index in [4.69, 9.17) is 4.74 Å². The summed E-state index contributed by atoms with van der Waals surface area (Å²) >= 11 is 5.11. The molecule has 27 heavy (non-hydrogen) atoms. The Kier molecular flexibility index (Phi) is 5.90. The van der Waals surface area contributed by atoms with Gasteiger partial charge >= 0.3 is 0 Å². The van der Waals surface area contributed by atoms with Crippen LogP contribution in [-0.2, 0) is 17.0 Å². The van der Waals surface area contributed by atoms with Crippen molar-refractivity contribution in [2.75, 3.05) is 6.61 Å². The monoisotopic (exact) mass is 447 g/mol. The van der Waals surface area contributed by atoms with Crippen molar-refractivity contribution in [3.05, 3.63) is 64.4 Å². The lowest BCUT2D eigenvalue weighted by atomic mass is 10.2. The van der Waals surface area contributed by atoms with Crippen molar-refractivity contribution in [2.45, 2.75) is 36.4 Å². The first-order valence-electron chi connectivity index (χ1n) is 8.87. The van der Waals surface area contributed by atoms with E-state index >= 15 is 0 Å². The van der Waals surface area contributed by atoms with Crippen LogP contribution in [0.4, 0.5) is 4.39 Å². The van der Waals surface area contributed by atoms with Gasteiger partial charge in [-0.1, -0.05) is 39.8 Å². The van der Waals surface area contributed by atoms with Gasteiger partial charge in [-0.05, 0) is 54.8 Å². The highest BCUT2D eigenvalue weighted by atomic mass is 79.9. The van der Waals surface area contributed by atoms with Gasteiger partial charge in [0, 0.05) is 22.4 Å². The lowest BCUT2D eigenvalue weighted by Gasteiger charge is -2.14. The lowest BCUT2D eigenvalue weighted by molar-refractivity contribution is 0.0953. The van der Waals surface area contributed by atoms with Crippen molar-refractivity contribution in [3.63, 3.8) is 0 Å². The molecular weight excluding hydrogens is 429 g/mol. The fourth-order valence-electron chi connectivity index (χ4n) is 3.09. The van der Waals surface area contributed by atoms with Crippen molar-refractivity contribution < 1.29 is 9.13 Å². The van der Waals surface area contributed by atoms with E-state index < -0.39 is 0 Å². The average molecular weight is 448 g/mol. The molecular formula is C20H19BrFN3OS. The molecule has 4 nitrogen and oxygen atoms in total. The Labute approximate surface area is 170 Å². The van der Waals surface area contributed by atoms with Crippen LogP contribution in [0.1, 0.15) is 18.4 Å². The van der Waals surface area contributed by atoms with Gasteiger partial charge in [0.15, 0.2) is 11.0 Å². The van der Waals surface area contributed by atoms with Crippen LogP contribution in [0.15, 0.2) is 58.2 Å². The molecule has 0 unspecified atom stereocenters. The first kappa shape index (κ1) is 18.7. The standard InChI is InChI=1S/C20H19BrFN3OS/c21-16-7-3-14(4-8-16)13-27-20-24-23-19(15-5-9-17(22)10-6-15)25(20)12-18-2-1-11-26-18/h3-10,18H,1-2,11-13H2/t18-/m1/s1. The average Bonchev–Trinajstić information content (AvgIpc) is 3.33. The third kappa shape index (κ3) is 4.59. The molecule has 0 saturated carbocycles. The minimum atomic E-state index is -0.256. The Morgan fingerprint density at radius 1 is 1.11 bits per heavy atom. The first-order chi connectivity index (χ1) is 13.2. The Morgan fingerprint density at radius 2 is 1.89 bits per heavy atom. The van der Waals surface area contributed by atoms with Gasteiger partial charge in [0.1, 0.15) is 5.82 Å². The third-order valence-corrected chi connectivity index (χ3v) is 6.08. The summed E-state index contributed by atoms with van der Waals surface area (Å²) in [5.41, 5.74) is 2.08. The number of aromatic nitrogens is 3. The second-order valence-corrected chi connectivity index (χ2v) is 8.33. The quantitative estimate of drug-likeness (QED) is 0.479. The van der Waals surface area contributed by atoms with E-state index in [1.165, 1.54) is 17.7 Å². The summed E-state index contributed by atoms with van der Waals surface area (Å²) in [7, 11) is 0. The fraction of sp³-hybridized carbons (Fsp3) is 0.300. The zero-order valence-corrected chi connectivity index (χ0v) is 17.0. The van der Waals surface area contributed by atoms with Crippen LogP contribution in [0.3, 0.4) is 0 Å². The smallest absolute Gasteiger partial charge is 0.191 e. The van der Waals surface area contributed by atoms with Crippen molar-refractivity contribution in [1.29, 1.82) is 0 Å². The second-order valence-electron chi connectivity index (χ2n) is 6.47. The number of ether oxygens (including phenoxy) is 1. The summed E-state index contributed by atoms with van der Waals surface area (Å²) < 4.78 is 22.3. The second kappa shape index (κ2) is 8.54. The fourth-order valence-corrected chi connectivity index (χ4v) is 4.26. The van der Waals surface area contributed by atoms with Crippen LogP contribution in [0.2, 0.25) is 0 Å². The summed E-state index contributed by atoms with van der Waals surface area (Å²) in [6, 6.07) is 14.7. The zero-order chi connectivity index (χ0) is 18.6. The highest BCUT2D eigenvalue weighted by Crippen LogP contribution is 2.28. The Morgan fingerprint density at radius 3 is 2.59 bits per heavy atom. The molecule has 0 spiro atoms. The maximum Gasteiger partial charge on any atom is 0.191 e. The highest BCUT2D eigenvalue weighted by Gasteiger charge is 2.21. The van der Waals surface area contributed by atoms with E-state index in [0.717, 1.165) is 46.2 Å². The molecule has 0 aliphatic carbocycles. The molecule has 7 heteroatoms. The van der Waals surface area contributed by atoms with Crippen LogP contribution in [-0.4, -0.2) is 27.5 Å². The molecule has 0 radical (unpaired) electrons. The normalized spacial score (nSPS) is 16.7. The van der Waals surface area contributed by atoms with Crippen molar-refractivity contribution in [1.82, 2.24) is 14.8 Å². The Balaban J connectivity index is 1.59. The van der Waals surface area contributed by atoms with Gasteiger partial charge in [-0.25, -0.2) is 4.39 Å². The predicted octanol–water partition coefficient (Wildman–Crippen LogP) is 5.32. The number of halogens is 2. The molecule has 2 aromatic carbocycles. The molecule has 2 heterocycles. The van der Waals surface area contributed by atoms with Crippen LogP contribution >= 0.6 is 27.7 Å². The third-order valence-electron chi connectivity index (χ3n) is 4.51. The molecule has 1 aliphatic heterocycles. The summed E-state index contributed by atoms with van der Waals surface area (Å²) in [5.74, 6) is 1.30. The van der Waals surface area contributed by atoms with Gasteiger partial charge in [0.2, 0.25) is 0 Å². The van der Waals surface area contributed by atoms with E-state index in [2.05, 4.69) is 42.8 Å². The molecule has 140 valence electrons. The number of hydrogen-bond acceptors (Lipinski definition) is 4. The molecule has 1 fully saturated rings. The molecule has 1 aliphatic rings. The van der Waals surface area contributed by atoms with Crippen molar-refractivity contribution in [2.24, 2.45) is 0 Å². The lowest BCUT2D eigenvalue weighted by Crippen LogP contribution is -2.16. The number of thioether (sulfide) groups is 1. The molecule has 1 atom stereocenters. The van der Waals surface area contributed by atoms with E-state index in [-0.39, 0.29) is 11.9 Å². The van der Waals surface area contributed by atoms with Gasteiger partial charge in [0.05, 0.1) is 12.6 Å². The summed E-state index contributed by atoms with van der Waals surface area (Å²) in [6.45, 7) is 1.52. The van der Waals surface area contributed by atoms with E-state index in [0.29, 0.717) is 6.54 Å². The Bertz CT molecular complexity index is 893. The number of nitrogens with zero attached hydrogens (tertiary/aromatic N) is 3. The molecule has 1 aromatic heterocycles. The maximum absolute atomic E-state index is 13.3. The molecule has 0 N–H and O–H groups in total. The number of benzene rings is 2. The maximum atomic E-state index is 13.3. The predicted molar refractivity (Wildman–Crippen MR) is 108 cm³/mol. The van der Waals surface area contributed by atoms with Gasteiger partial charge < -0.3 is 4.74 Å². The first-order valence-corrected chi connectivity index (χ1v) is 10.6. The topological polar surface area (TPSA) is 39.9 Å². The number of hydrogen-bond donors (Lipinski definition) is 0. The van der Waals surface area contributed by atoms with Gasteiger partial charge in [-0.15, -0.1) is 10.2 Å². The van der Waals surface area contributed by atoms with Crippen LogP contribution in [0, 0.1) is 5.82 Å². The summed E-state index contributed by atoms with van der Waals surface area (Å²) in [5, 5.41) is 9.65. The van der Waals surface area contributed by atoms with Crippen molar-refractivity contribution >= 4 is 27.7 Å². The highest BCUT2D eigenvalue weighted by molar-refractivity contribution is 9.10. The van der Waals surface area contributed by atoms with Crippen LogP contribution in [0.5, 0.6) is 0 Å². The van der Waals surface area contributed by atoms with Gasteiger partial charge in [0.25, 0.3) is 0 Å². The molecule has 0 bridgehead atoms. The van der Waals surface area contributed by atoms with E-state index in [9.17, 15) is 4.39 Å². The molecule has 3 aromatic rings. The summed E-state index contributed by atoms with van der Waals surface area (Å²) in [6.07, 6.45) is 2.30. The Hall–Kier alpha value is -1.70. The summed E-state index contributed by atoms with van der Waals surface area (Å²) in [4.78, 5) is 0. The van der Waals surface area contributed by atoms with E-state index in [1.807, 2.05) is 12.1 Å². The molecule has 1 saturated heterocycles. The van der Waals surface area contributed by atoms with Gasteiger partial charge in [-0.3, -0.25) is 4.57 Å². The van der Waals surface area contributed by atoms with Crippen molar-refractivity contribution in [3.8, 4) is 11.4 Å². The minimum Gasteiger partial charge on any atom is -0.376 e. The number of rotatable bonds is 6. The van der Waals surface area contributed by atoms with Crippen LogP contribution in [0.25, 0.3) is 11.4 Å².